The van der Waals surface area contributed by atoms with E-state index in [0.29, 0.717) is 6.04 Å². The van der Waals surface area contributed by atoms with Gasteiger partial charge >= 0.3 is 0 Å². The Bertz CT molecular complexity index is 369. The van der Waals surface area contributed by atoms with E-state index in [2.05, 4.69) is 35.3 Å². The SMILES string of the molecule is Cc1ccc2c(c1)NCCC2N1CCC1. The Morgan fingerprint density at radius 1 is 1.33 bits per heavy atom. The van der Waals surface area contributed by atoms with Crippen molar-refractivity contribution >= 4 is 5.69 Å². The van der Waals surface area contributed by atoms with Gasteiger partial charge in [-0.3, -0.25) is 4.90 Å². The van der Waals surface area contributed by atoms with Gasteiger partial charge in [-0.1, -0.05) is 12.1 Å². The maximum Gasteiger partial charge on any atom is 0.0391 e. The number of anilines is 1. The Kier molecular flexibility index (Phi) is 2.17. The van der Waals surface area contributed by atoms with Crippen molar-refractivity contribution in [2.75, 3.05) is 25.0 Å². The molecule has 1 aromatic rings. The zero-order valence-corrected chi connectivity index (χ0v) is 9.29. The first kappa shape index (κ1) is 9.22. The Balaban J connectivity index is 1.95. The molecule has 2 heteroatoms. The van der Waals surface area contributed by atoms with Crippen LogP contribution in [0.15, 0.2) is 18.2 Å². The van der Waals surface area contributed by atoms with Gasteiger partial charge in [-0.15, -0.1) is 0 Å². The van der Waals surface area contributed by atoms with Crippen LogP contribution in [0.4, 0.5) is 5.69 Å². The molecule has 1 atom stereocenters. The number of hydrogen-bond acceptors (Lipinski definition) is 2. The molecule has 1 saturated heterocycles. The maximum atomic E-state index is 3.51. The molecule has 0 saturated carbocycles. The summed E-state index contributed by atoms with van der Waals surface area (Å²) in [5.74, 6) is 0. The van der Waals surface area contributed by atoms with Gasteiger partial charge in [-0.2, -0.15) is 0 Å². The summed E-state index contributed by atoms with van der Waals surface area (Å²) < 4.78 is 0. The minimum absolute atomic E-state index is 0.676. The highest BCUT2D eigenvalue weighted by atomic mass is 15.2. The molecule has 2 nitrogen and oxygen atoms in total. The van der Waals surface area contributed by atoms with Crippen molar-refractivity contribution < 1.29 is 0 Å². The fourth-order valence-electron chi connectivity index (χ4n) is 2.64. The van der Waals surface area contributed by atoms with Crippen LogP contribution in [0.2, 0.25) is 0 Å². The van der Waals surface area contributed by atoms with Crippen LogP contribution >= 0.6 is 0 Å². The van der Waals surface area contributed by atoms with Crippen LogP contribution in [0.5, 0.6) is 0 Å². The highest BCUT2D eigenvalue weighted by Gasteiger charge is 2.28. The summed E-state index contributed by atoms with van der Waals surface area (Å²) in [6.45, 7) is 5.86. The summed E-state index contributed by atoms with van der Waals surface area (Å²) in [5, 5.41) is 3.51. The lowest BCUT2D eigenvalue weighted by molar-refractivity contribution is 0.112. The number of rotatable bonds is 1. The quantitative estimate of drug-likeness (QED) is 0.753. The molecule has 0 radical (unpaired) electrons. The average molecular weight is 202 g/mol. The summed E-state index contributed by atoms with van der Waals surface area (Å²) in [7, 11) is 0. The van der Waals surface area contributed by atoms with Gasteiger partial charge in [0.25, 0.3) is 0 Å². The molecule has 2 aliphatic heterocycles. The largest absolute Gasteiger partial charge is 0.385 e. The number of likely N-dealkylation sites (tertiary alicyclic amines) is 1. The van der Waals surface area contributed by atoms with Crippen LogP contribution in [0.25, 0.3) is 0 Å². The molecule has 0 bridgehead atoms. The van der Waals surface area contributed by atoms with E-state index >= 15 is 0 Å². The Morgan fingerprint density at radius 3 is 2.93 bits per heavy atom. The van der Waals surface area contributed by atoms with Crippen molar-refractivity contribution in [3.63, 3.8) is 0 Å². The second kappa shape index (κ2) is 3.53. The van der Waals surface area contributed by atoms with Gasteiger partial charge in [0, 0.05) is 18.3 Å². The molecule has 1 N–H and O–H groups in total. The predicted octanol–water partition coefficient (Wildman–Crippen LogP) is 2.56. The lowest BCUT2D eigenvalue weighted by Crippen LogP contribution is -2.42. The first-order valence-electron chi connectivity index (χ1n) is 5.93. The maximum absolute atomic E-state index is 3.51. The Morgan fingerprint density at radius 2 is 2.20 bits per heavy atom. The number of fused-ring (bicyclic) bond motifs is 1. The zero-order chi connectivity index (χ0) is 10.3. The molecule has 0 aromatic heterocycles. The molecule has 1 aromatic carbocycles. The van der Waals surface area contributed by atoms with Crippen molar-refractivity contribution in [3.8, 4) is 0 Å². The van der Waals surface area contributed by atoms with E-state index in [-0.39, 0.29) is 0 Å². The Labute approximate surface area is 91.3 Å². The lowest BCUT2D eigenvalue weighted by atomic mass is 9.93. The topological polar surface area (TPSA) is 15.3 Å². The van der Waals surface area contributed by atoms with Crippen molar-refractivity contribution in [1.29, 1.82) is 0 Å². The highest BCUT2D eigenvalue weighted by molar-refractivity contribution is 5.56. The third-order valence-corrected chi connectivity index (χ3v) is 3.63. The predicted molar refractivity (Wildman–Crippen MR) is 63.2 cm³/mol. The third kappa shape index (κ3) is 1.53. The van der Waals surface area contributed by atoms with Crippen LogP contribution < -0.4 is 5.32 Å². The third-order valence-electron chi connectivity index (χ3n) is 3.63. The minimum Gasteiger partial charge on any atom is -0.385 e. The molecule has 3 rings (SSSR count). The van der Waals surface area contributed by atoms with E-state index in [0.717, 1.165) is 6.54 Å². The molecule has 80 valence electrons. The summed E-state index contributed by atoms with van der Waals surface area (Å²) in [4.78, 5) is 2.61. The fraction of sp³-hybridized carbons (Fsp3) is 0.538. The van der Waals surface area contributed by atoms with Gasteiger partial charge in [0.05, 0.1) is 0 Å². The lowest BCUT2D eigenvalue weighted by Gasteiger charge is -2.41. The number of benzene rings is 1. The van der Waals surface area contributed by atoms with Gasteiger partial charge in [0.1, 0.15) is 0 Å². The van der Waals surface area contributed by atoms with Crippen LogP contribution in [0.3, 0.4) is 0 Å². The minimum atomic E-state index is 0.676. The van der Waals surface area contributed by atoms with Gasteiger partial charge in [-0.05, 0) is 50.0 Å². The van der Waals surface area contributed by atoms with E-state index < -0.39 is 0 Å². The first-order valence-corrected chi connectivity index (χ1v) is 5.93. The van der Waals surface area contributed by atoms with Crippen LogP contribution in [0.1, 0.15) is 30.0 Å². The summed E-state index contributed by atoms with van der Waals surface area (Å²) in [5.41, 5.74) is 4.22. The summed E-state index contributed by atoms with van der Waals surface area (Å²) >= 11 is 0. The molecule has 0 aliphatic carbocycles. The average Bonchev–Trinajstić information content (AvgIpc) is 2.15. The molecule has 2 aliphatic rings. The summed E-state index contributed by atoms with van der Waals surface area (Å²) in [6, 6.07) is 7.50. The van der Waals surface area contributed by atoms with E-state index in [4.69, 9.17) is 0 Å². The number of hydrogen-bond donors (Lipinski definition) is 1. The summed E-state index contributed by atoms with van der Waals surface area (Å²) in [6.07, 6.45) is 2.64. The normalized spacial score (nSPS) is 25.3. The van der Waals surface area contributed by atoms with E-state index in [1.165, 1.54) is 42.7 Å². The first-order chi connectivity index (χ1) is 7.34. The number of aryl methyl sites for hydroxylation is 1. The second-order valence-corrected chi connectivity index (χ2v) is 4.71. The van der Waals surface area contributed by atoms with Gasteiger partial charge in [-0.25, -0.2) is 0 Å². The number of nitrogens with zero attached hydrogens (tertiary/aromatic N) is 1. The van der Waals surface area contributed by atoms with E-state index in [9.17, 15) is 0 Å². The van der Waals surface area contributed by atoms with E-state index in [1.807, 2.05) is 0 Å². The molecule has 2 heterocycles. The molecular weight excluding hydrogens is 184 g/mol. The van der Waals surface area contributed by atoms with Gasteiger partial charge in [0.2, 0.25) is 0 Å². The highest BCUT2D eigenvalue weighted by Crippen LogP contribution is 2.36. The zero-order valence-electron chi connectivity index (χ0n) is 9.29. The van der Waals surface area contributed by atoms with Crippen molar-refractivity contribution in [3.05, 3.63) is 29.3 Å². The molecule has 15 heavy (non-hydrogen) atoms. The van der Waals surface area contributed by atoms with Gasteiger partial charge < -0.3 is 5.32 Å². The standard InChI is InChI=1S/C13H18N2/c1-10-3-4-11-12(9-10)14-6-5-13(11)15-7-2-8-15/h3-4,9,13-14H,2,5-8H2,1H3. The molecule has 0 spiro atoms. The molecule has 1 fully saturated rings. The van der Waals surface area contributed by atoms with E-state index in [1.54, 1.807) is 0 Å². The molecule has 0 amide bonds. The second-order valence-electron chi connectivity index (χ2n) is 4.71. The number of nitrogens with one attached hydrogen (secondary N) is 1. The van der Waals surface area contributed by atoms with Crippen LogP contribution in [-0.2, 0) is 0 Å². The van der Waals surface area contributed by atoms with Crippen molar-refractivity contribution in [2.24, 2.45) is 0 Å². The van der Waals surface area contributed by atoms with Crippen molar-refractivity contribution in [1.82, 2.24) is 4.90 Å². The Hall–Kier alpha value is -1.02. The van der Waals surface area contributed by atoms with Crippen molar-refractivity contribution in [2.45, 2.75) is 25.8 Å². The molecular formula is C13H18N2. The molecule has 1 unspecified atom stereocenters. The van der Waals surface area contributed by atoms with Crippen LogP contribution in [0, 0.1) is 6.92 Å². The smallest absolute Gasteiger partial charge is 0.0391 e. The van der Waals surface area contributed by atoms with Gasteiger partial charge in [0.15, 0.2) is 0 Å². The van der Waals surface area contributed by atoms with Crippen LogP contribution in [-0.4, -0.2) is 24.5 Å². The monoisotopic (exact) mass is 202 g/mol. The fourth-order valence-corrected chi connectivity index (χ4v) is 2.64.